The summed E-state index contributed by atoms with van der Waals surface area (Å²) in [6.07, 6.45) is 1.91. The van der Waals surface area contributed by atoms with Crippen LogP contribution in [0.5, 0.6) is 0 Å². The molecule has 0 aliphatic carbocycles. The number of non-ortho nitro benzene ring substituents is 1. The maximum atomic E-state index is 11.1. The van der Waals surface area contributed by atoms with Gasteiger partial charge in [-0.25, -0.2) is 19.9 Å². The van der Waals surface area contributed by atoms with Crippen molar-refractivity contribution in [2.75, 3.05) is 23.3 Å². The minimum Gasteiger partial charge on any atom is -0.367 e. The molecule has 0 radical (unpaired) electrons. The second-order valence-electron chi connectivity index (χ2n) is 7.85. The highest BCUT2D eigenvalue weighted by atomic mass is 16.6. The van der Waals surface area contributed by atoms with E-state index in [0.717, 1.165) is 54.8 Å². The van der Waals surface area contributed by atoms with Crippen LogP contribution in [0.3, 0.4) is 0 Å². The predicted molar refractivity (Wildman–Crippen MR) is 119 cm³/mol. The Kier molecular flexibility index (Phi) is 5.75. The normalized spacial score (nSPS) is 14.5. The van der Waals surface area contributed by atoms with Gasteiger partial charge in [-0.05, 0) is 33.6 Å². The molecule has 2 aromatic heterocycles. The molecular formula is C22H25N7O2. The molecule has 1 fully saturated rings. The Hall–Kier alpha value is -3.62. The van der Waals surface area contributed by atoms with Gasteiger partial charge in [0.15, 0.2) is 5.82 Å². The van der Waals surface area contributed by atoms with Gasteiger partial charge in [0.25, 0.3) is 5.69 Å². The first-order valence-electron chi connectivity index (χ1n) is 10.3. The van der Waals surface area contributed by atoms with Gasteiger partial charge in [-0.2, -0.15) is 0 Å². The molecule has 1 aliphatic rings. The smallest absolute Gasteiger partial charge is 0.270 e. The second kappa shape index (κ2) is 8.63. The molecule has 0 atom stereocenters. The standard InChI is InChI=1S/C22H25N7O2/c1-14-11-20(27-22(24-14)17-5-4-6-19(13-17)29(30)31)26-18-7-9-28(10-8-18)21-12-15(2)23-16(3)25-21/h4-6,11-13,18H,7-10H2,1-3H3,(H,24,26,27). The fraction of sp³-hybridized carbons (Fsp3) is 0.364. The average molecular weight is 419 g/mol. The summed E-state index contributed by atoms with van der Waals surface area (Å²) >= 11 is 0. The average Bonchev–Trinajstić information content (AvgIpc) is 2.73. The Morgan fingerprint density at radius 2 is 1.74 bits per heavy atom. The zero-order chi connectivity index (χ0) is 22.0. The van der Waals surface area contributed by atoms with Gasteiger partial charge in [-0.1, -0.05) is 12.1 Å². The molecule has 3 heterocycles. The van der Waals surface area contributed by atoms with Crippen molar-refractivity contribution in [2.24, 2.45) is 0 Å². The van der Waals surface area contributed by atoms with Crippen LogP contribution in [0.25, 0.3) is 11.4 Å². The molecule has 0 spiro atoms. The number of rotatable bonds is 5. The Balaban J connectivity index is 1.46. The van der Waals surface area contributed by atoms with Crippen LogP contribution in [-0.4, -0.2) is 44.0 Å². The first-order valence-corrected chi connectivity index (χ1v) is 10.3. The first kappa shape index (κ1) is 20.6. The van der Waals surface area contributed by atoms with E-state index >= 15 is 0 Å². The molecule has 3 aromatic rings. The maximum Gasteiger partial charge on any atom is 0.270 e. The van der Waals surface area contributed by atoms with Crippen molar-refractivity contribution in [3.8, 4) is 11.4 Å². The molecule has 0 bridgehead atoms. The van der Waals surface area contributed by atoms with Gasteiger partial charge in [0.2, 0.25) is 0 Å². The predicted octanol–water partition coefficient (Wildman–Crippen LogP) is 3.85. The Labute approximate surface area is 180 Å². The molecule has 160 valence electrons. The maximum absolute atomic E-state index is 11.1. The fourth-order valence-electron chi connectivity index (χ4n) is 3.85. The third kappa shape index (κ3) is 4.93. The molecule has 31 heavy (non-hydrogen) atoms. The van der Waals surface area contributed by atoms with E-state index in [9.17, 15) is 10.1 Å². The Morgan fingerprint density at radius 1 is 1.00 bits per heavy atom. The molecule has 4 rings (SSSR count). The highest BCUT2D eigenvalue weighted by Gasteiger charge is 2.21. The number of nitro benzene ring substituents is 1. The summed E-state index contributed by atoms with van der Waals surface area (Å²) in [7, 11) is 0. The molecule has 1 saturated heterocycles. The van der Waals surface area contributed by atoms with Crippen molar-refractivity contribution in [3.05, 3.63) is 63.7 Å². The lowest BCUT2D eigenvalue weighted by molar-refractivity contribution is -0.384. The number of aryl methyl sites for hydroxylation is 3. The van der Waals surface area contributed by atoms with Crippen LogP contribution < -0.4 is 10.2 Å². The second-order valence-corrected chi connectivity index (χ2v) is 7.85. The molecule has 1 N–H and O–H groups in total. The highest BCUT2D eigenvalue weighted by Crippen LogP contribution is 2.24. The number of nitro groups is 1. The van der Waals surface area contributed by atoms with Crippen molar-refractivity contribution in [1.29, 1.82) is 0 Å². The lowest BCUT2D eigenvalue weighted by Gasteiger charge is -2.33. The van der Waals surface area contributed by atoms with E-state index in [1.807, 2.05) is 32.9 Å². The fourth-order valence-corrected chi connectivity index (χ4v) is 3.85. The van der Waals surface area contributed by atoms with Gasteiger partial charge in [0.05, 0.1) is 4.92 Å². The van der Waals surface area contributed by atoms with Crippen molar-refractivity contribution in [3.63, 3.8) is 0 Å². The lowest BCUT2D eigenvalue weighted by atomic mass is 10.0. The van der Waals surface area contributed by atoms with Gasteiger partial charge in [-0.3, -0.25) is 10.1 Å². The van der Waals surface area contributed by atoms with Crippen LogP contribution in [0.15, 0.2) is 36.4 Å². The molecule has 9 nitrogen and oxygen atoms in total. The van der Waals surface area contributed by atoms with Crippen LogP contribution in [0.2, 0.25) is 0 Å². The number of benzene rings is 1. The van der Waals surface area contributed by atoms with Crippen LogP contribution in [0, 0.1) is 30.9 Å². The molecule has 0 amide bonds. The van der Waals surface area contributed by atoms with Crippen molar-refractivity contribution < 1.29 is 4.92 Å². The molecule has 1 aromatic carbocycles. The number of hydrogen-bond donors (Lipinski definition) is 1. The van der Waals surface area contributed by atoms with Crippen LogP contribution in [0.1, 0.15) is 30.1 Å². The minimum atomic E-state index is -0.410. The molecule has 0 unspecified atom stereocenters. The van der Waals surface area contributed by atoms with Gasteiger partial charge in [0.1, 0.15) is 17.5 Å². The summed E-state index contributed by atoms with van der Waals surface area (Å²) in [5.41, 5.74) is 2.45. The number of anilines is 2. The SMILES string of the molecule is Cc1cc(N2CCC(Nc3cc(C)nc(-c4cccc([N+](=O)[O-])c4)n3)CC2)nc(C)n1. The molecular weight excluding hydrogens is 394 g/mol. The third-order valence-corrected chi connectivity index (χ3v) is 5.29. The van der Waals surface area contributed by atoms with Crippen molar-refractivity contribution in [2.45, 2.75) is 39.7 Å². The van der Waals surface area contributed by atoms with Gasteiger partial charge in [0, 0.05) is 60.3 Å². The number of nitrogens with zero attached hydrogens (tertiary/aromatic N) is 6. The molecule has 0 saturated carbocycles. The zero-order valence-corrected chi connectivity index (χ0v) is 17.9. The van der Waals surface area contributed by atoms with Crippen molar-refractivity contribution >= 4 is 17.3 Å². The summed E-state index contributed by atoms with van der Waals surface area (Å²) < 4.78 is 0. The largest absolute Gasteiger partial charge is 0.367 e. The molecule has 1 aliphatic heterocycles. The highest BCUT2D eigenvalue weighted by molar-refractivity contribution is 5.61. The van der Waals surface area contributed by atoms with E-state index in [-0.39, 0.29) is 11.7 Å². The van der Waals surface area contributed by atoms with Crippen LogP contribution in [0.4, 0.5) is 17.3 Å². The Morgan fingerprint density at radius 3 is 2.45 bits per heavy atom. The summed E-state index contributed by atoms with van der Waals surface area (Å²) in [6, 6.07) is 10.6. The number of nitrogens with one attached hydrogen (secondary N) is 1. The quantitative estimate of drug-likeness (QED) is 0.490. The van der Waals surface area contributed by atoms with Gasteiger partial charge in [-0.15, -0.1) is 0 Å². The topological polar surface area (TPSA) is 110 Å². The minimum absolute atomic E-state index is 0.0275. The van der Waals surface area contributed by atoms with E-state index in [2.05, 4.69) is 30.2 Å². The summed E-state index contributed by atoms with van der Waals surface area (Å²) in [5.74, 6) is 2.99. The van der Waals surface area contributed by atoms with Gasteiger partial charge >= 0.3 is 0 Å². The number of piperidine rings is 1. The van der Waals surface area contributed by atoms with E-state index in [1.54, 1.807) is 12.1 Å². The summed E-state index contributed by atoms with van der Waals surface area (Å²) in [4.78, 5) is 31.0. The zero-order valence-electron chi connectivity index (χ0n) is 17.9. The summed E-state index contributed by atoms with van der Waals surface area (Å²) in [5, 5.41) is 14.6. The van der Waals surface area contributed by atoms with E-state index in [0.29, 0.717) is 11.4 Å². The molecule has 9 heteroatoms. The van der Waals surface area contributed by atoms with Crippen molar-refractivity contribution in [1.82, 2.24) is 19.9 Å². The van der Waals surface area contributed by atoms with Gasteiger partial charge < -0.3 is 10.2 Å². The van der Waals surface area contributed by atoms with E-state index in [4.69, 9.17) is 0 Å². The lowest BCUT2D eigenvalue weighted by Crippen LogP contribution is -2.39. The first-order chi connectivity index (χ1) is 14.9. The number of hydrogen-bond acceptors (Lipinski definition) is 8. The summed E-state index contributed by atoms with van der Waals surface area (Å²) in [6.45, 7) is 7.60. The Bertz CT molecular complexity index is 1090. The van der Waals surface area contributed by atoms with E-state index < -0.39 is 4.92 Å². The van der Waals surface area contributed by atoms with Crippen LogP contribution in [-0.2, 0) is 0 Å². The number of aromatic nitrogens is 4. The van der Waals surface area contributed by atoms with Crippen LogP contribution >= 0.6 is 0 Å². The monoisotopic (exact) mass is 419 g/mol. The van der Waals surface area contributed by atoms with E-state index in [1.165, 1.54) is 12.1 Å². The third-order valence-electron chi connectivity index (χ3n) is 5.29.